The van der Waals surface area contributed by atoms with Gasteiger partial charge in [0.05, 0.1) is 7.11 Å². The lowest BCUT2D eigenvalue weighted by atomic mass is 9.97. The number of nitrogens with zero attached hydrogens (tertiary/aromatic N) is 3. The smallest absolute Gasteiger partial charge is 0.218 e. The van der Waals surface area contributed by atoms with E-state index in [-0.39, 0.29) is 6.04 Å². The molecule has 5 nitrogen and oxygen atoms in total. The van der Waals surface area contributed by atoms with Crippen molar-refractivity contribution in [2.75, 3.05) is 18.6 Å². The van der Waals surface area contributed by atoms with E-state index >= 15 is 0 Å². The quantitative estimate of drug-likeness (QED) is 0.854. The molecular weight excluding hydrogens is 216 g/mol. The Balaban J connectivity index is 2.22. The standard InChI is InChI=1S/C12H20N4O/c1-9(13)10-5-3-4-6-16(10)11-7-12(17-2)15-8-14-11/h7-10H,3-6,13H2,1-2H3. The maximum atomic E-state index is 6.05. The number of methoxy groups -OCH3 is 1. The van der Waals surface area contributed by atoms with Crippen molar-refractivity contribution in [1.29, 1.82) is 0 Å². The van der Waals surface area contributed by atoms with Crippen molar-refractivity contribution in [2.45, 2.75) is 38.3 Å². The first-order valence-corrected chi connectivity index (χ1v) is 6.10. The van der Waals surface area contributed by atoms with Crippen LogP contribution in [0.15, 0.2) is 12.4 Å². The lowest BCUT2D eigenvalue weighted by Crippen LogP contribution is -2.49. The Bertz CT molecular complexity index is 369. The molecule has 0 spiro atoms. The zero-order valence-corrected chi connectivity index (χ0v) is 10.5. The van der Waals surface area contributed by atoms with Crippen molar-refractivity contribution < 1.29 is 4.74 Å². The molecule has 2 unspecified atom stereocenters. The lowest BCUT2D eigenvalue weighted by Gasteiger charge is -2.38. The average molecular weight is 236 g/mol. The van der Waals surface area contributed by atoms with E-state index in [0.29, 0.717) is 11.9 Å². The number of ether oxygens (including phenoxy) is 1. The number of hydrogen-bond acceptors (Lipinski definition) is 5. The molecule has 94 valence electrons. The van der Waals surface area contributed by atoms with Crippen molar-refractivity contribution in [3.8, 4) is 5.88 Å². The van der Waals surface area contributed by atoms with Crippen LogP contribution in [0.2, 0.25) is 0 Å². The number of anilines is 1. The molecule has 0 amide bonds. The molecule has 0 bridgehead atoms. The Morgan fingerprint density at radius 1 is 1.47 bits per heavy atom. The van der Waals surface area contributed by atoms with Gasteiger partial charge in [-0.2, -0.15) is 0 Å². The van der Waals surface area contributed by atoms with Crippen molar-refractivity contribution in [2.24, 2.45) is 5.73 Å². The molecule has 1 saturated heterocycles. The Morgan fingerprint density at radius 2 is 2.29 bits per heavy atom. The van der Waals surface area contributed by atoms with Crippen LogP contribution in [0.4, 0.5) is 5.82 Å². The molecule has 1 aliphatic rings. The van der Waals surface area contributed by atoms with Crippen molar-refractivity contribution >= 4 is 5.82 Å². The second-order valence-corrected chi connectivity index (χ2v) is 4.53. The third-order valence-electron chi connectivity index (χ3n) is 3.29. The van der Waals surface area contributed by atoms with Gasteiger partial charge in [-0.05, 0) is 26.2 Å². The molecule has 2 heterocycles. The predicted octanol–water partition coefficient (Wildman–Crippen LogP) is 1.19. The van der Waals surface area contributed by atoms with Gasteiger partial charge in [0.15, 0.2) is 0 Å². The van der Waals surface area contributed by atoms with Crippen LogP contribution in [0.1, 0.15) is 26.2 Å². The molecule has 0 aliphatic carbocycles. The van der Waals surface area contributed by atoms with Gasteiger partial charge in [0.25, 0.3) is 0 Å². The summed E-state index contributed by atoms with van der Waals surface area (Å²) in [4.78, 5) is 10.6. The molecule has 2 atom stereocenters. The minimum absolute atomic E-state index is 0.149. The van der Waals surface area contributed by atoms with Crippen LogP contribution >= 0.6 is 0 Å². The maximum Gasteiger partial charge on any atom is 0.218 e. The summed E-state index contributed by atoms with van der Waals surface area (Å²) in [5.41, 5.74) is 6.05. The minimum Gasteiger partial charge on any atom is -0.481 e. The SMILES string of the molecule is COc1cc(N2CCCCC2C(C)N)ncn1. The van der Waals surface area contributed by atoms with Gasteiger partial charge >= 0.3 is 0 Å². The van der Waals surface area contributed by atoms with E-state index in [2.05, 4.69) is 21.8 Å². The van der Waals surface area contributed by atoms with Gasteiger partial charge in [-0.25, -0.2) is 9.97 Å². The van der Waals surface area contributed by atoms with Gasteiger partial charge in [0.2, 0.25) is 5.88 Å². The van der Waals surface area contributed by atoms with Crippen LogP contribution in [-0.2, 0) is 0 Å². The first-order chi connectivity index (χ1) is 8.22. The summed E-state index contributed by atoms with van der Waals surface area (Å²) in [5.74, 6) is 1.52. The first-order valence-electron chi connectivity index (χ1n) is 6.10. The summed E-state index contributed by atoms with van der Waals surface area (Å²) in [5, 5.41) is 0. The second-order valence-electron chi connectivity index (χ2n) is 4.53. The zero-order chi connectivity index (χ0) is 12.3. The van der Waals surface area contributed by atoms with Crippen LogP contribution < -0.4 is 15.4 Å². The van der Waals surface area contributed by atoms with Crippen LogP contribution in [0.25, 0.3) is 0 Å². The highest BCUT2D eigenvalue weighted by Gasteiger charge is 2.26. The van der Waals surface area contributed by atoms with Crippen molar-refractivity contribution in [3.63, 3.8) is 0 Å². The molecule has 17 heavy (non-hydrogen) atoms. The van der Waals surface area contributed by atoms with Gasteiger partial charge in [0, 0.05) is 24.7 Å². The zero-order valence-electron chi connectivity index (χ0n) is 10.5. The first kappa shape index (κ1) is 12.1. The number of piperidine rings is 1. The third kappa shape index (κ3) is 2.66. The van der Waals surface area contributed by atoms with Gasteiger partial charge < -0.3 is 15.4 Å². The molecule has 0 aromatic carbocycles. The van der Waals surface area contributed by atoms with E-state index in [1.54, 1.807) is 13.4 Å². The Labute approximate surface area is 102 Å². The number of hydrogen-bond donors (Lipinski definition) is 1. The highest BCUT2D eigenvalue weighted by atomic mass is 16.5. The summed E-state index contributed by atoms with van der Waals surface area (Å²) in [6, 6.07) is 2.39. The normalized spacial score (nSPS) is 22.3. The van der Waals surface area contributed by atoms with E-state index in [0.717, 1.165) is 18.8 Å². The highest BCUT2D eigenvalue weighted by Crippen LogP contribution is 2.25. The second kappa shape index (κ2) is 5.31. The van der Waals surface area contributed by atoms with Crippen molar-refractivity contribution in [3.05, 3.63) is 12.4 Å². The predicted molar refractivity (Wildman–Crippen MR) is 67.2 cm³/mol. The fraction of sp³-hybridized carbons (Fsp3) is 0.667. The maximum absolute atomic E-state index is 6.05. The molecule has 1 aromatic heterocycles. The summed E-state index contributed by atoms with van der Waals surface area (Å²) >= 11 is 0. The van der Waals surface area contributed by atoms with E-state index in [1.165, 1.54) is 12.8 Å². The molecule has 1 aromatic rings. The monoisotopic (exact) mass is 236 g/mol. The van der Waals surface area contributed by atoms with E-state index in [9.17, 15) is 0 Å². The summed E-state index contributed by atoms with van der Waals surface area (Å²) in [7, 11) is 1.62. The lowest BCUT2D eigenvalue weighted by molar-refractivity contribution is 0.391. The molecule has 2 rings (SSSR count). The molecule has 1 aliphatic heterocycles. The summed E-state index contributed by atoms with van der Waals surface area (Å²) in [6.07, 6.45) is 5.10. The Hall–Kier alpha value is -1.36. The molecule has 0 radical (unpaired) electrons. The van der Waals surface area contributed by atoms with E-state index in [1.807, 2.05) is 6.07 Å². The van der Waals surface area contributed by atoms with Gasteiger partial charge in [-0.1, -0.05) is 0 Å². The van der Waals surface area contributed by atoms with Crippen molar-refractivity contribution in [1.82, 2.24) is 9.97 Å². The topological polar surface area (TPSA) is 64.3 Å². The molecule has 2 N–H and O–H groups in total. The largest absolute Gasteiger partial charge is 0.481 e. The van der Waals surface area contributed by atoms with E-state index in [4.69, 9.17) is 10.5 Å². The fourth-order valence-electron chi connectivity index (χ4n) is 2.39. The van der Waals surface area contributed by atoms with Crippen LogP contribution in [-0.4, -0.2) is 35.7 Å². The summed E-state index contributed by atoms with van der Waals surface area (Å²) in [6.45, 7) is 3.06. The average Bonchev–Trinajstić information content (AvgIpc) is 2.39. The molecule has 5 heteroatoms. The number of aromatic nitrogens is 2. The number of nitrogens with two attached hydrogens (primary N) is 1. The molecule has 1 fully saturated rings. The molecular formula is C12H20N4O. The van der Waals surface area contributed by atoms with E-state index < -0.39 is 0 Å². The minimum atomic E-state index is 0.149. The highest BCUT2D eigenvalue weighted by molar-refractivity contribution is 5.42. The summed E-state index contributed by atoms with van der Waals surface area (Å²) < 4.78 is 5.13. The third-order valence-corrected chi connectivity index (χ3v) is 3.29. The number of rotatable bonds is 3. The fourth-order valence-corrected chi connectivity index (χ4v) is 2.39. The van der Waals surface area contributed by atoms with Gasteiger partial charge in [-0.3, -0.25) is 0 Å². The van der Waals surface area contributed by atoms with Crippen LogP contribution in [0.5, 0.6) is 5.88 Å². The van der Waals surface area contributed by atoms with Gasteiger partial charge in [0.1, 0.15) is 12.1 Å². The van der Waals surface area contributed by atoms with Crippen LogP contribution in [0.3, 0.4) is 0 Å². The Morgan fingerprint density at radius 3 is 3.00 bits per heavy atom. The Kier molecular flexibility index (Phi) is 3.78. The van der Waals surface area contributed by atoms with Gasteiger partial charge in [-0.15, -0.1) is 0 Å². The molecule has 0 saturated carbocycles. The van der Waals surface area contributed by atoms with Crippen LogP contribution in [0, 0.1) is 0 Å².